The van der Waals surface area contributed by atoms with Crippen LogP contribution < -0.4 is 0 Å². The van der Waals surface area contributed by atoms with E-state index in [-0.39, 0.29) is 0 Å². The minimum atomic E-state index is -1.08. The third-order valence-corrected chi connectivity index (χ3v) is 5.50. The van der Waals surface area contributed by atoms with Crippen molar-refractivity contribution in [3.05, 3.63) is 71.4 Å². The molecule has 0 radical (unpaired) electrons. The van der Waals surface area contributed by atoms with E-state index in [4.69, 9.17) is 14.6 Å². The molecule has 29 heavy (non-hydrogen) atoms. The monoisotopic (exact) mass is 392 g/mol. The van der Waals surface area contributed by atoms with Gasteiger partial charge in [0, 0.05) is 31.6 Å². The van der Waals surface area contributed by atoms with Crippen LogP contribution in [0, 0.1) is 13.8 Å². The van der Waals surface area contributed by atoms with Gasteiger partial charge in [0.25, 0.3) is 0 Å². The lowest BCUT2D eigenvalue weighted by molar-refractivity contribution is -0.0140. The Bertz CT molecular complexity index is 872. The molecule has 1 fully saturated rings. The zero-order valence-corrected chi connectivity index (χ0v) is 17.1. The molecule has 2 heterocycles. The second-order valence-corrected chi connectivity index (χ2v) is 7.78. The lowest BCUT2D eigenvalue weighted by atomic mass is 9.92. The van der Waals surface area contributed by atoms with Gasteiger partial charge in [-0.1, -0.05) is 47.5 Å². The average Bonchev–Trinajstić information content (AvgIpc) is 3.20. The van der Waals surface area contributed by atoms with Crippen LogP contribution in [0.5, 0.6) is 0 Å². The van der Waals surface area contributed by atoms with Crippen molar-refractivity contribution in [2.45, 2.75) is 32.3 Å². The predicted octanol–water partition coefficient (Wildman–Crippen LogP) is 4.17. The standard InChI is InChI=1S/C24H28N2O3/c1-18-3-7-20(8-4-18)22-17-23(24(27)11-13-28-15-16-29-14-12-24)25-26(22)21-9-5-19(2)6-10-21/h3-10,17,27H,11-16H2,1-2H3. The van der Waals surface area contributed by atoms with E-state index >= 15 is 0 Å². The van der Waals surface area contributed by atoms with Gasteiger partial charge in [-0.3, -0.25) is 0 Å². The van der Waals surface area contributed by atoms with Crippen molar-refractivity contribution in [2.24, 2.45) is 0 Å². The Labute approximate surface area is 171 Å². The average molecular weight is 392 g/mol. The Morgan fingerprint density at radius 3 is 1.97 bits per heavy atom. The molecule has 0 saturated carbocycles. The molecule has 4 rings (SSSR count). The summed E-state index contributed by atoms with van der Waals surface area (Å²) < 4.78 is 13.1. The Kier molecular flexibility index (Phi) is 5.81. The summed E-state index contributed by atoms with van der Waals surface area (Å²) in [5.41, 5.74) is 4.97. The number of rotatable bonds is 3. The molecule has 0 spiro atoms. The van der Waals surface area contributed by atoms with Crippen LogP contribution in [0.1, 0.15) is 29.7 Å². The van der Waals surface area contributed by atoms with Gasteiger partial charge in [0.2, 0.25) is 0 Å². The quantitative estimate of drug-likeness (QED) is 0.727. The number of hydrogen-bond acceptors (Lipinski definition) is 4. The van der Waals surface area contributed by atoms with Crippen molar-refractivity contribution in [2.75, 3.05) is 26.4 Å². The molecule has 1 N–H and O–H groups in total. The van der Waals surface area contributed by atoms with Crippen LogP contribution in [0.2, 0.25) is 0 Å². The minimum absolute atomic E-state index is 0.483. The predicted molar refractivity (Wildman–Crippen MR) is 113 cm³/mol. The van der Waals surface area contributed by atoms with E-state index in [0.717, 1.165) is 16.9 Å². The molecule has 0 bridgehead atoms. The first kappa shape index (κ1) is 19.8. The van der Waals surface area contributed by atoms with Gasteiger partial charge < -0.3 is 14.6 Å². The first-order valence-electron chi connectivity index (χ1n) is 10.2. The maximum absolute atomic E-state index is 11.5. The fraction of sp³-hybridized carbons (Fsp3) is 0.375. The number of aromatic nitrogens is 2. The summed E-state index contributed by atoms with van der Waals surface area (Å²) in [5.74, 6) is 0. The van der Waals surface area contributed by atoms with E-state index < -0.39 is 5.60 Å². The van der Waals surface area contributed by atoms with Crippen LogP contribution in [0.3, 0.4) is 0 Å². The van der Waals surface area contributed by atoms with Gasteiger partial charge >= 0.3 is 0 Å². The van der Waals surface area contributed by atoms with Crippen molar-refractivity contribution < 1.29 is 14.6 Å². The smallest absolute Gasteiger partial charge is 0.113 e. The molecule has 0 atom stereocenters. The summed E-state index contributed by atoms with van der Waals surface area (Å²) in [5, 5.41) is 16.3. The highest BCUT2D eigenvalue weighted by molar-refractivity contribution is 5.63. The summed E-state index contributed by atoms with van der Waals surface area (Å²) in [6.07, 6.45) is 0.989. The largest absolute Gasteiger partial charge is 0.383 e. The molecule has 2 aromatic carbocycles. The van der Waals surface area contributed by atoms with Gasteiger partial charge in [0.05, 0.1) is 30.3 Å². The summed E-state index contributed by atoms with van der Waals surface area (Å²) in [4.78, 5) is 0. The molecule has 5 nitrogen and oxygen atoms in total. The fourth-order valence-corrected chi connectivity index (χ4v) is 3.61. The highest BCUT2D eigenvalue weighted by atomic mass is 16.5. The molecule has 1 aliphatic rings. The van der Waals surface area contributed by atoms with Crippen LogP contribution in [-0.4, -0.2) is 41.3 Å². The summed E-state index contributed by atoms with van der Waals surface area (Å²) in [6, 6.07) is 18.7. The molecule has 152 valence electrons. The van der Waals surface area contributed by atoms with Crippen molar-refractivity contribution >= 4 is 0 Å². The van der Waals surface area contributed by atoms with Gasteiger partial charge in [-0.15, -0.1) is 0 Å². The molecule has 5 heteroatoms. The molecule has 1 aliphatic heterocycles. The maximum Gasteiger partial charge on any atom is 0.113 e. The van der Waals surface area contributed by atoms with Crippen molar-refractivity contribution in [1.82, 2.24) is 9.78 Å². The topological polar surface area (TPSA) is 56.5 Å². The Morgan fingerprint density at radius 2 is 1.38 bits per heavy atom. The number of nitrogens with zero attached hydrogens (tertiary/aromatic N) is 2. The molecule has 1 saturated heterocycles. The summed E-state index contributed by atoms with van der Waals surface area (Å²) in [7, 11) is 0. The number of hydrogen-bond donors (Lipinski definition) is 1. The number of aliphatic hydroxyl groups is 1. The highest BCUT2D eigenvalue weighted by Crippen LogP contribution is 2.33. The molecule has 0 aliphatic carbocycles. The van der Waals surface area contributed by atoms with E-state index in [1.165, 1.54) is 11.1 Å². The number of benzene rings is 2. The van der Waals surface area contributed by atoms with Crippen LogP contribution in [0.4, 0.5) is 0 Å². The van der Waals surface area contributed by atoms with E-state index in [0.29, 0.717) is 45.0 Å². The van der Waals surface area contributed by atoms with Crippen molar-refractivity contribution in [3.8, 4) is 16.9 Å². The van der Waals surface area contributed by atoms with Crippen LogP contribution in [0.25, 0.3) is 16.9 Å². The van der Waals surface area contributed by atoms with Crippen molar-refractivity contribution in [3.63, 3.8) is 0 Å². The first-order valence-corrected chi connectivity index (χ1v) is 10.2. The van der Waals surface area contributed by atoms with Crippen molar-refractivity contribution in [1.29, 1.82) is 0 Å². The second-order valence-electron chi connectivity index (χ2n) is 7.78. The molecular weight excluding hydrogens is 364 g/mol. The van der Waals surface area contributed by atoms with Crippen LogP contribution in [-0.2, 0) is 15.1 Å². The number of aryl methyl sites for hydroxylation is 2. The molecule has 0 amide bonds. The maximum atomic E-state index is 11.5. The summed E-state index contributed by atoms with van der Waals surface area (Å²) in [6.45, 7) is 6.23. The number of ether oxygens (including phenoxy) is 2. The lowest BCUT2D eigenvalue weighted by Crippen LogP contribution is -2.29. The van der Waals surface area contributed by atoms with Gasteiger partial charge in [-0.25, -0.2) is 4.68 Å². The Hall–Kier alpha value is -2.47. The fourth-order valence-electron chi connectivity index (χ4n) is 3.61. The Balaban J connectivity index is 1.79. The van der Waals surface area contributed by atoms with Crippen LogP contribution >= 0.6 is 0 Å². The SMILES string of the molecule is Cc1ccc(-c2cc(C3(O)CCOCCOCC3)nn2-c2ccc(C)cc2)cc1. The third-order valence-electron chi connectivity index (χ3n) is 5.50. The normalized spacial score (nSPS) is 17.3. The molecule has 0 unspecified atom stereocenters. The lowest BCUT2D eigenvalue weighted by Gasteiger charge is -2.25. The molecule has 1 aromatic heterocycles. The van der Waals surface area contributed by atoms with Gasteiger partial charge in [0.1, 0.15) is 5.60 Å². The zero-order valence-electron chi connectivity index (χ0n) is 17.1. The van der Waals surface area contributed by atoms with Crippen LogP contribution in [0.15, 0.2) is 54.6 Å². The van der Waals surface area contributed by atoms with E-state index in [9.17, 15) is 5.11 Å². The van der Waals surface area contributed by atoms with E-state index in [2.05, 4.69) is 62.4 Å². The zero-order chi connectivity index (χ0) is 20.3. The second kappa shape index (κ2) is 8.49. The van der Waals surface area contributed by atoms with Gasteiger partial charge in [0.15, 0.2) is 0 Å². The molecule has 3 aromatic rings. The Morgan fingerprint density at radius 1 is 0.828 bits per heavy atom. The van der Waals surface area contributed by atoms with E-state index in [1.54, 1.807) is 0 Å². The highest BCUT2D eigenvalue weighted by Gasteiger charge is 2.33. The van der Waals surface area contributed by atoms with Gasteiger partial charge in [-0.2, -0.15) is 5.10 Å². The molecular formula is C24H28N2O3. The van der Waals surface area contributed by atoms with Gasteiger partial charge in [-0.05, 0) is 32.0 Å². The summed E-state index contributed by atoms with van der Waals surface area (Å²) >= 11 is 0. The minimum Gasteiger partial charge on any atom is -0.383 e. The third kappa shape index (κ3) is 4.42. The first-order chi connectivity index (χ1) is 14.0. The van der Waals surface area contributed by atoms with E-state index in [1.807, 2.05) is 10.7 Å².